The van der Waals surface area contributed by atoms with E-state index in [1.54, 1.807) is 13.8 Å². The largest absolute Gasteiger partial charge is 0.300 e. The molecule has 3 nitrogen and oxygen atoms in total. The van der Waals surface area contributed by atoms with Crippen molar-refractivity contribution in [2.75, 3.05) is 13.1 Å². The van der Waals surface area contributed by atoms with E-state index in [0.29, 0.717) is 25.9 Å². The number of piperidine rings is 1. The van der Waals surface area contributed by atoms with Crippen LogP contribution in [-0.2, 0) is 9.59 Å². The Labute approximate surface area is 83.0 Å². The average Bonchev–Trinajstić information content (AvgIpc) is 2.04. The van der Waals surface area contributed by atoms with Crippen LogP contribution in [0.2, 0.25) is 0 Å². The molecule has 1 rings (SSSR count). The lowest BCUT2D eigenvalue weighted by Gasteiger charge is -2.37. The van der Waals surface area contributed by atoms with E-state index in [0.717, 1.165) is 0 Å². The van der Waals surface area contributed by atoms with Gasteiger partial charge >= 0.3 is 0 Å². The summed E-state index contributed by atoms with van der Waals surface area (Å²) >= 11 is 5.47. The monoisotopic (exact) mass is 203 g/mol. The predicted molar refractivity (Wildman–Crippen MR) is 50.8 cm³/mol. The Morgan fingerprint density at radius 3 is 2.23 bits per heavy atom. The van der Waals surface area contributed by atoms with Crippen molar-refractivity contribution in [2.24, 2.45) is 0 Å². The summed E-state index contributed by atoms with van der Waals surface area (Å²) in [5.74, 6) is 0.272. The van der Waals surface area contributed by atoms with E-state index in [2.05, 4.69) is 0 Å². The zero-order chi connectivity index (χ0) is 10.1. The number of rotatable bonds is 2. The van der Waals surface area contributed by atoms with E-state index >= 15 is 0 Å². The molecular formula is C9H14ClNO2. The summed E-state index contributed by atoms with van der Waals surface area (Å²) in [4.78, 5) is 24.0. The lowest BCUT2D eigenvalue weighted by Crippen LogP contribution is -2.51. The van der Waals surface area contributed by atoms with E-state index < -0.39 is 5.54 Å². The number of carbonyl (C=O) groups excluding carboxylic acids is 2. The van der Waals surface area contributed by atoms with E-state index in [-0.39, 0.29) is 11.0 Å². The zero-order valence-corrected chi connectivity index (χ0v) is 8.73. The van der Waals surface area contributed by atoms with Crippen LogP contribution < -0.4 is 0 Å². The van der Waals surface area contributed by atoms with E-state index in [4.69, 9.17) is 11.6 Å². The van der Waals surface area contributed by atoms with Crippen LogP contribution in [0.5, 0.6) is 0 Å². The maximum Gasteiger partial charge on any atom is 0.241 e. The molecule has 1 fully saturated rings. The topological polar surface area (TPSA) is 37.4 Å². The summed E-state index contributed by atoms with van der Waals surface area (Å²) in [5, 5.41) is -0.359. The van der Waals surface area contributed by atoms with Gasteiger partial charge in [0.25, 0.3) is 0 Å². The van der Waals surface area contributed by atoms with Gasteiger partial charge in [-0.25, -0.2) is 0 Å². The van der Waals surface area contributed by atoms with Crippen LogP contribution in [0.1, 0.15) is 26.7 Å². The maximum absolute atomic E-state index is 11.1. The molecule has 13 heavy (non-hydrogen) atoms. The molecular weight excluding hydrogens is 190 g/mol. The molecule has 1 aliphatic heterocycles. The molecule has 1 heterocycles. The summed E-state index contributed by atoms with van der Waals surface area (Å²) in [6, 6.07) is 0. The number of Topliss-reactive ketones (excluding diaryl/α,β-unsaturated/α-hetero) is 1. The first-order valence-corrected chi connectivity index (χ1v) is 4.79. The first-order valence-electron chi connectivity index (χ1n) is 4.41. The van der Waals surface area contributed by atoms with Crippen LogP contribution in [0.4, 0.5) is 0 Å². The van der Waals surface area contributed by atoms with Crippen molar-refractivity contribution in [3.8, 4) is 0 Å². The van der Waals surface area contributed by atoms with Crippen molar-refractivity contribution in [3.63, 3.8) is 0 Å². The summed E-state index contributed by atoms with van der Waals surface area (Å²) in [5.41, 5.74) is -0.637. The number of carbonyl (C=O) groups is 2. The lowest BCUT2D eigenvalue weighted by molar-refractivity contribution is -0.128. The van der Waals surface area contributed by atoms with Gasteiger partial charge in [-0.15, -0.1) is 0 Å². The number of hydrogen-bond acceptors (Lipinski definition) is 3. The molecule has 0 amide bonds. The Morgan fingerprint density at radius 1 is 1.38 bits per heavy atom. The summed E-state index contributed by atoms with van der Waals surface area (Å²) in [7, 11) is 0. The normalized spacial score (nSPS) is 20.4. The third-order valence-electron chi connectivity index (χ3n) is 2.59. The van der Waals surface area contributed by atoms with Crippen molar-refractivity contribution in [3.05, 3.63) is 0 Å². The van der Waals surface area contributed by atoms with Crippen LogP contribution in [0, 0.1) is 0 Å². The molecule has 1 aliphatic rings. The Hall–Kier alpha value is -0.410. The summed E-state index contributed by atoms with van der Waals surface area (Å²) in [6.45, 7) is 4.87. The molecule has 0 aliphatic carbocycles. The highest BCUT2D eigenvalue weighted by molar-refractivity contribution is 6.65. The number of nitrogens with zero attached hydrogens (tertiary/aromatic N) is 1. The number of halogens is 1. The fourth-order valence-corrected chi connectivity index (χ4v) is 1.56. The van der Waals surface area contributed by atoms with Gasteiger partial charge in [-0.1, -0.05) is 0 Å². The first kappa shape index (κ1) is 10.7. The van der Waals surface area contributed by atoms with Crippen molar-refractivity contribution >= 4 is 22.6 Å². The number of hydrogen-bond donors (Lipinski definition) is 0. The molecule has 0 spiro atoms. The van der Waals surface area contributed by atoms with Crippen molar-refractivity contribution in [2.45, 2.75) is 32.2 Å². The second kappa shape index (κ2) is 3.76. The summed E-state index contributed by atoms with van der Waals surface area (Å²) < 4.78 is 0. The van der Waals surface area contributed by atoms with Crippen LogP contribution in [0.25, 0.3) is 0 Å². The molecule has 74 valence electrons. The minimum absolute atomic E-state index is 0.272. The Bertz CT molecular complexity index is 228. The maximum atomic E-state index is 11.1. The third-order valence-corrected chi connectivity index (χ3v) is 3.06. The zero-order valence-electron chi connectivity index (χ0n) is 7.97. The second-order valence-corrected chi connectivity index (χ2v) is 4.20. The van der Waals surface area contributed by atoms with Gasteiger partial charge in [0.2, 0.25) is 5.24 Å². The molecule has 4 heteroatoms. The Kier molecular flexibility index (Phi) is 3.09. The van der Waals surface area contributed by atoms with Gasteiger partial charge in [-0.2, -0.15) is 0 Å². The predicted octanol–water partition coefficient (Wildman–Crippen LogP) is 1.20. The average molecular weight is 204 g/mol. The highest BCUT2D eigenvalue weighted by atomic mass is 35.5. The smallest absolute Gasteiger partial charge is 0.241 e. The number of likely N-dealkylation sites (tertiary alicyclic amines) is 1. The highest BCUT2D eigenvalue weighted by Gasteiger charge is 2.35. The van der Waals surface area contributed by atoms with Gasteiger partial charge in [-0.05, 0) is 25.4 Å². The SMILES string of the molecule is CC(C)(C(=O)Cl)N1CCC(=O)CC1. The molecule has 0 unspecified atom stereocenters. The van der Waals surface area contributed by atoms with Crippen molar-refractivity contribution < 1.29 is 9.59 Å². The minimum atomic E-state index is -0.637. The van der Waals surface area contributed by atoms with Gasteiger partial charge in [0, 0.05) is 25.9 Å². The van der Waals surface area contributed by atoms with Gasteiger partial charge < -0.3 is 0 Å². The van der Waals surface area contributed by atoms with Gasteiger partial charge in [0.15, 0.2) is 0 Å². The Balaban J connectivity index is 2.62. The van der Waals surface area contributed by atoms with Crippen LogP contribution in [0.15, 0.2) is 0 Å². The molecule has 0 aromatic heterocycles. The molecule has 0 saturated carbocycles. The number of ketones is 1. The minimum Gasteiger partial charge on any atom is -0.300 e. The van der Waals surface area contributed by atoms with Gasteiger partial charge in [-0.3, -0.25) is 14.5 Å². The van der Waals surface area contributed by atoms with Gasteiger partial charge in [0.05, 0.1) is 5.54 Å². The molecule has 0 N–H and O–H groups in total. The summed E-state index contributed by atoms with van der Waals surface area (Å²) in [6.07, 6.45) is 1.07. The van der Waals surface area contributed by atoms with E-state index in [1.165, 1.54) is 0 Å². The van der Waals surface area contributed by atoms with Crippen LogP contribution in [-0.4, -0.2) is 34.6 Å². The standard InChI is InChI=1S/C9H14ClNO2/c1-9(2,8(10)13)11-5-3-7(12)4-6-11/h3-6H2,1-2H3. The highest BCUT2D eigenvalue weighted by Crippen LogP contribution is 2.21. The third kappa shape index (κ3) is 2.29. The Morgan fingerprint density at radius 2 is 1.85 bits per heavy atom. The molecule has 0 atom stereocenters. The molecule has 0 radical (unpaired) electrons. The van der Waals surface area contributed by atoms with Crippen LogP contribution >= 0.6 is 11.6 Å². The fourth-order valence-electron chi connectivity index (χ4n) is 1.44. The second-order valence-electron chi connectivity index (χ2n) is 3.86. The van der Waals surface area contributed by atoms with Gasteiger partial charge in [0.1, 0.15) is 5.78 Å². The van der Waals surface area contributed by atoms with Crippen molar-refractivity contribution in [1.29, 1.82) is 0 Å². The molecule has 0 aromatic rings. The van der Waals surface area contributed by atoms with E-state index in [1.807, 2.05) is 4.90 Å². The molecule has 1 saturated heterocycles. The van der Waals surface area contributed by atoms with Crippen molar-refractivity contribution in [1.82, 2.24) is 4.90 Å². The lowest BCUT2D eigenvalue weighted by atomic mass is 10.00. The molecule has 0 aromatic carbocycles. The molecule has 0 bridgehead atoms. The quantitative estimate of drug-likeness (QED) is 0.633. The van der Waals surface area contributed by atoms with E-state index in [9.17, 15) is 9.59 Å². The van der Waals surface area contributed by atoms with Crippen LogP contribution in [0.3, 0.4) is 0 Å². The fraction of sp³-hybridized carbons (Fsp3) is 0.778. The first-order chi connectivity index (χ1) is 5.94.